The molecule has 0 fully saturated rings. The minimum absolute atomic E-state index is 0.0668. The normalized spacial score (nSPS) is 14.6. The molecule has 0 saturated carbocycles. The molecule has 30 nitrogen and oxygen atoms in total. The Kier molecular flexibility index (Phi) is 30.1. The van der Waals surface area contributed by atoms with E-state index in [-0.39, 0.29) is 44.4 Å². The summed E-state index contributed by atoms with van der Waals surface area (Å²) in [6, 6.07) is 8.90. The molecule has 0 aliphatic heterocycles. The van der Waals surface area contributed by atoms with Crippen LogP contribution in [0.3, 0.4) is 0 Å². The van der Waals surface area contributed by atoms with Crippen LogP contribution >= 0.6 is 12.6 Å². The van der Waals surface area contributed by atoms with E-state index in [1.165, 1.54) is 13.8 Å². The maximum absolute atomic E-state index is 14.6. The number of carboxylic acid groups (broad SMARTS) is 2. The van der Waals surface area contributed by atoms with Crippen LogP contribution in [0.2, 0.25) is 0 Å². The number of nitrogens with two attached hydrogens (primary N) is 3. The van der Waals surface area contributed by atoms with Gasteiger partial charge in [0, 0.05) is 72.1 Å². The fourth-order valence-corrected chi connectivity index (χ4v) is 10.4. The summed E-state index contributed by atoms with van der Waals surface area (Å²) in [5.41, 5.74) is 20.2. The molecule has 0 radical (unpaired) electrons. The third kappa shape index (κ3) is 23.9. The number of carbonyl (C=O) groups excluding carboxylic acids is 11. The van der Waals surface area contributed by atoms with Gasteiger partial charge in [-0.15, -0.1) is 0 Å². The van der Waals surface area contributed by atoms with E-state index < -0.39 is 175 Å². The van der Waals surface area contributed by atoms with E-state index in [2.05, 4.69) is 75.8 Å². The number of unbranched alkanes of at least 4 members (excludes halogenated alkanes) is 1. The Morgan fingerprint density at radius 3 is 1.45 bits per heavy atom. The van der Waals surface area contributed by atoms with Crippen LogP contribution in [0, 0.1) is 5.92 Å². The van der Waals surface area contributed by atoms with Crippen molar-refractivity contribution >= 4 is 111 Å². The summed E-state index contributed by atoms with van der Waals surface area (Å²) in [5, 5.41) is 46.4. The number of primary amides is 1. The molecular formula is C64H87N15O15S. The summed E-state index contributed by atoms with van der Waals surface area (Å²) < 4.78 is 0. The second-order valence-electron chi connectivity index (χ2n) is 23.2. The smallest absolute Gasteiger partial charge is 0.326 e. The Morgan fingerprint density at radius 2 is 0.958 bits per heavy atom. The van der Waals surface area contributed by atoms with Gasteiger partial charge >= 0.3 is 11.9 Å². The van der Waals surface area contributed by atoms with E-state index in [0.29, 0.717) is 29.5 Å². The van der Waals surface area contributed by atoms with Crippen molar-refractivity contribution in [1.29, 1.82) is 0 Å². The number of hydrogen-bond donors (Lipinski definition) is 18. The minimum Gasteiger partial charge on any atom is -0.481 e. The van der Waals surface area contributed by atoms with Crippen LogP contribution in [0.25, 0.3) is 21.8 Å². The van der Waals surface area contributed by atoms with Gasteiger partial charge in [0.2, 0.25) is 65.0 Å². The van der Waals surface area contributed by atoms with Gasteiger partial charge in [0.15, 0.2) is 0 Å². The van der Waals surface area contributed by atoms with E-state index in [9.17, 15) is 72.5 Å². The quantitative estimate of drug-likeness (QED) is 0.0163. The highest BCUT2D eigenvalue weighted by atomic mass is 32.1. The van der Waals surface area contributed by atoms with Crippen LogP contribution < -0.4 is 70.4 Å². The first-order chi connectivity index (χ1) is 45.2. The molecule has 3 aromatic carbocycles. The van der Waals surface area contributed by atoms with E-state index in [0.717, 1.165) is 21.8 Å². The Hall–Kier alpha value is -9.88. The first-order valence-electron chi connectivity index (χ1n) is 31.2. The Balaban J connectivity index is 1.30. The highest BCUT2D eigenvalue weighted by molar-refractivity contribution is 7.80. The second-order valence-corrected chi connectivity index (χ2v) is 23.5. The van der Waals surface area contributed by atoms with Gasteiger partial charge in [-0.25, -0.2) is 4.79 Å². The number of aliphatic carboxylic acids is 2. The lowest BCUT2D eigenvalue weighted by Crippen LogP contribution is -2.60. The molecule has 0 aliphatic carbocycles. The monoisotopic (exact) mass is 1340 g/mol. The number of thiol groups is 1. The van der Waals surface area contributed by atoms with Crippen molar-refractivity contribution in [2.45, 2.75) is 159 Å². The Bertz CT molecular complexity index is 3510. The highest BCUT2D eigenvalue weighted by Gasteiger charge is 2.36. The molecule has 2 heterocycles. The van der Waals surface area contributed by atoms with Gasteiger partial charge in [0.1, 0.15) is 54.4 Å². The van der Waals surface area contributed by atoms with E-state index >= 15 is 0 Å². The van der Waals surface area contributed by atoms with Gasteiger partial charge in [0.25, 0.3) is 0 Å². The van der Waals surface area contributed by atoms with Crippen molar-refractivity contribution in [2.75, 3.05) is 18.8 Å². The predicted octanol–water partition coefficient (Wildman–Crippen LogP) is -1.16. The standard InChI is InChI=1S/C64H87N15O15S/c1-5-34(2)54(63(92)74-44(21-13-14-26-65)57(86)72-45(22-24-51(67)80)58(87)73-46(23-25-53(82)83)59(88)77-49(64(93)94)27-37-15-7-6-8-16-37)79-52(81)32-70-56(85)36(4)71-60(89)47(28-38-30-68-42-19-11-9-17-40(38)42)75-61(90)48(29-39-31-69-43-20-12-10-18-41(39)43)76-62(91)50(33-95)78-55(84)35(3)66/h6-12,15-20,30-31,34-36,44-50,54,68-69,95H,5,13-14,21-29,32-33,65-66H2,1-4H3,(H2,67,80)(H,70,85)(H,71,89)(H,72,86)(H,73,87)(H,74,92)(H,75,90)(H,76,91)(H,77,88)(H,78,84)(H,79,81)(H,82,83)(H,93,94)/t34-,35-,36-,44-,45-,46-,47-,48-,49-,50-,54-/m1/s1. The lowest BCUT2D eigenvalue weighted by atomic mass is 9.97. The van der Waals surface area contributed by atoms with Crippen molar-refractivity contribution in [3.63, 3.8) is 0 Å². The van der Waals surface area contributed by atoms with Crippen LogP contribution in [0.1, 0.15) is 95.8 Å². The molecule has 0 bridgehead atoms. The molecule has 0 spiro atoms. The van der Waals surface area contributed by atoms with E-state index in [1.807, 2.05) is 30.3 Å². The Labute approximate surface area is 553 Å². The number of rotatable bonds is 40. The largest absolute Gasteiger partial charge is 0.481 e. The summed E-state index contributed by atoms with van der Waals surface area (Å²) in [6.45, 7) is 5.58. The molecule has 2 aromatic heterocycles. The van der Waals surface area contributed by atoms with Gasteiger partial charge in [-0.3, -0.25) is 57.5 Å². The third-order valence-corrected chi connectivity index (χ3v) is 16.1. The lowest BCUT2D eigenvalue weighted by Gasteiger charge is -2.28. The zero-order valence-electron chi connectivity index (χ0n) is 53.3. The number of benzene rings is 3. The summed E-state index contributed by atoms with van der Waals surface area (Å²) >= 11 is 4.25. The van der Waals surface area contributed by atoms with Gasteiger partial charge in [-0.1, -0.05) is 87.0 Å². The van der Waals surface area contributed by atoms with Crippen molar-refractivity contribution in [2.24, 2.45) is 23.1 Å². The fourth-order valence-electron chi connectivity index (χ4n) is 10.1. The molecule has 11 atom stereocenters. The minimum atomic E-state index is -1.66. The first kappa shape index (κ1) is 75.8. The maximum Gasteiger partial charge on any atom is 0.326 e. The van der Waals surface area contributed by atoms with Crippen LogP contribution in [-0.2, 0) is 81.6 Å². The molecule has 0 unspecified atom stereocenters. The first-order valence-corrected chi connectivity index (χ1v) is 31.8. The molecule has 11 amide bonds. The highest BCUT2D eigenvalue weighted by Crippen LogP contribution is 2.22. The van der Waals surface area contributed by atoms with Crippen molar-refractivity contribution in [3.8, 4) is 0 Å². The summed E-state index contributed by atoms with van der Waals surface area (Å²) in [7, 11) is 0. The number of aromatic nitrogens is 2. The number of nitrogens with one attached hydrogen (secondary N) is 12. The molecular weight excluding hydrogens is 1250 g/mol. The number of carbonyl (C=O) groups is 13. The lowest BCUT2D eigenvalue weighted by molar-refractivity contribution is -0.143. The topological polar surface area (TPSA) is 492 Å². The predicted molar refractivity (Wildman–Crippen MR) is 353 cm³/mol. The van der Waals surface area contributed by atoms with Gasteiger partial charge in [-0.2, -0.15) is 12.6 Å². The number of fused-ring (bicyclic) bond motifs is 2. The number of carboxylic acids is 2. The summed E-state index contributed by atoms with van der Waals surface area (Å²) in [4.78, 5) is 181. The number of aromatic amines is 2. The third-order valence-electron chi connectivity index (χ3n) is 15.7. The molecule has 31 heteroatoms. The van der Waals surface area contributed by atoms with Crippen LogP contribution in [0.15, 0.2) is 91.3 Å². The van der Waals surface area contributed by atoms with Gasteiger partial charge in [-0.05, 0) is 87.2 Å². The molecule has 95 heavy (non-hydrogen) atoms. The SMILES string of the molecule is CC[C@@H](C)[C@@H](NC(=O)CNC(=O)[C@@H](C)NC(=O)[C@@H](Cc1c[nH]c2ccccc12)NC(=O)[C@@H](Cc1c[nH]c2ccccc12)NC(=O)[C@@H](CS)NC(=O)[C@@H](C)N)C(=O)N[C@H](CCCCN)C(=O)N[C@H](CCC(N)=O)C(=O)N[C@H](CCC(=O)O)C(=O)N[C@H](Cc1ccccc1)C(=O)O. The molecule has 5 aromatic rings. The van der Waals surface area contributed by atoms with Crippen LogP contribution in [0.5, 0.6) is 0 Å². The van der Waals surface area contributed by atoms with E-state index in [1.54, 1.807) is 74.8 Å². The van der Waals surface area contributed by atoms with Crippen LogP contribution in [0.4, 0.5) is 0 Å². The number of para-hydroxylation sites is 2. The Morgan fingerprint density at radius 1 is 0.505 bits per heavy atom. The molecule has 0 saturated heterocycles. The van der Waals surface area contributed by atoms with Crippen LogP contribution in [-0.4, -0.2) is 176 Å². The molecule has 0 aliphatic rings. The number of hydrogen-bond acceptors (Lipinski definition) is 16. The van der Waals surface area contributed by atoms with Crippen molar-refractivity contribution < 1.29 is 72.5 Å². The zero-order valence-corrected chi connectivity index (χ0v) is 54.2. The van der Waals surface area contributed by atoms with Gasteiger partial charge < -0.3 is 90.5 Å². The molecule has 514 valence electrons. The molecule has 5 rings (SSSR count). The number of amides is 11. The average Bonchev–Trinajstić information content (AvgIpc) is 1.81. The fraction of sp³-hybridized carbons (Fsp3) is 0.453. The number of H-pyrrole nitrogens is 2. The van der Waals surface area contributed by atoms with Gasteiger partial charge in [0.05, 0.1) is 12.6 Å². The zero-order chi connectivity index (χ0) is 69.9. The van der Waals surface area contributed by atoms with Crippen molar-refractivity contribution in [3.05, 3.63) is 108 Å². The second kappa shape index (κ2) is 37.7. The maximum atomic E-state index is 14.6. The summed E-state index contributed by atoms with van der Waals surface area (Å²) in [6.07, 6.45) is 1.74. The van der Waals surface area contributed by atoms with E-state index in [4.69, 9.17) is 17.2 Å². The van der Waals surface area contributed by atoms with Crippen molar-refractivity contribution in [1.82, 2.24) is 63.1 Å². The average molecular weight is 1340 g/mol. The summed E-state index contributed by atoms with van der Waals surface area (Å²) in [5.74, 6) is -13.2. The molecule has 20 N–H and O–H groups in total.